The van der Waals surface area contributed by atoms with Crippen LogP contribution in [0.3, 0.4) is 0 Å². The number of pyridine rings is 1. The predicted molar refractivity (Wildman–Crippen MR) is 75.8 cm³/mol. The number of rotatable bonds is 2. The van der Waals surface area contributed by atoms with Crippen LogP contribution in [0.15, 0.2) is 24.7 Å². The SMILES string of the molecule is CC(N(C)C)n1cc(C#Cc2cnc(Cl)cc2F)cn1. The van der Waals surface area contributed by atoms with Gasteiger partial charge in [0, 0.05) is 18.5 Å². The second-order valence-corrected chi connectivity index (χ2v) is 4.93. The van der Waals surface area contributed by atoms with E-state index in [0.717, 1.165) is 6.07 Å². The molecule has 2 rings (SSSR count). The number of hydrogen-bond donors (Lipinski definition) is 0. The van der Waals surface area contributed by atoms with Crippen LogP contribution in [0.1, 0.15) is 24.2 Å². The van der Waals surface area contributed by atoms with Gasteiger partial charge in [0.05, 0.1) is 17.3 Å². The van der Waals surface area contributed by atoms with Crippen LogP contribution in [0.4, 0.5) is 4.39 Å². The topological polar surface area (TPSA) is 34.0 Å². The maximum absolute atomic E-state index is 13.5. The number of hydrogen-bond acceptors (Lipinski definition) is 3. The van der Waals surface area contributed by atoms with Gasteiger partial charge in [0.1, 0.15) is 17.1 Å². The molecule has 0 saturated heterocycles. The summed E-state index contributed by atoms with van der Waals surface area (Å²) in [7, 11) is 3.93. The Bertz CT molecular complexity index is 669. The monoisotopic (exact) mass is 292 g/mol. The molecule has 2 aromatic heterocycles. The minimum Gasteiger partial charge on any atom is -0.288 e. The largest absolute Gasteiger partial charge is 0.288 e. The van der Waals surface area contributed by atoms with Crippen LogP contribution in [-0.2, 0) is 0 Å². The smallest absolute Gasteiger partial charge is 0.143 e. The molecule has 6 heteroatoms. The summed E-state index contributed by atoms with van der Waals surface area (Å²) < 4.78 is 15.3. The minimum atomic E-state index is -0.480. The third-order valence-electron chi connectivity index (χ3n) is 2.89. The summed E-state index contributed by atoms with van der Waals surface area (Å²) in [5.74, 6) is 5.11. The lowest BCUT2D eigenvalue weighted by Gasteiger charge is -2.19. The molecule has 0 amide bonds. The lowest BCUT2D eigenvalue weighted by atomic mass is 10.2. The molecule has 0 N–H and O–H groups in total. The van der Waals surface area contributed by atoms with Crippen molar-refractivity contribution in [1.29, 1.82) is 0 Å². The Balaban J connectivity index is 2.21. The predicted octanol–water partition coefficient (Wildman–Crippen LogP) is 2.55. The van der Waals surface area contributed by atoms with Crippen molar-refractivity contribution >= 4 is 11.6 Å². The zero-order valence-corrected chi connectivity index (χ0v) is 12.2. The standard InChI is InChI=1S/C14H14ClFN4/c1-10(19(2)3)20-9-11(7-18-20)4-5-12-8-17-14(15)6-13(12)16/h6-10H,1-3H3. The van der Waals surface area contributed by atoms with Crippen LogP contribution >= 0.6 is 11.6 Å². The van der Waals surface area contributed by atoms with E-state index in [2.05, 4.69) is 21.9 Å². The van der Waals surface area contributed by atoms with E-state index < -0.39 is 5.82 Å². The zero-order valence-electron chi connectivity index (χ0n) is 11.4. The molecule has 0 spiro atoms. The highest BCUT2D eigenvalue weighted by Gasteiger charge is 2.07. The summed E-state index contributed by atoms with van der Waals surface area (Å²) in [6.07, 6.45) is 4.91. The van der Waals surface area contributed by atoms with Crippen LogP contribution < -0.4 is 0 Å². The second-order valence-electron chi connectivity index (χ2n) is 4.54. The summed E-state index contributed by atoms with van der Waals surface area (Å²) in [4.78, 5) is 5.83. The molecular weight excluding hydrogens is 279 g/mol. The Hall–Kier alpha value is -1.90. The van der Waals surface area contributed by atoms with Crippen LogP contribution in [-0.4, -0.2) is 33.8 Å². The van der Waals surface area contributed by atoms with Gasteiger partial charge in [0.25, 0.3) is 0 Å². The molecule has 2 aromatic rings. The Labute approximate surface area is 122 Å². The molecule has 1 atom stereocenters. The highest BCUT2D eigenvalue weighted by molar-refractivity contribution is 6.29. The van der Waals surface area contributed by atoms with E-state index in [9.17, 15) is 4.39 Å². The highest BCUT2D eigenvalue weighted by atomic mass is 35.5. The molecule has 0 aliphatic rings. The third-order valence-corrected chi connectivity index (χ3v) is 3.10. The molecule has 104 valence electrons. The van der Waals surface area contributed by atoms with Gasteiger partial charge in [-0.2, -0.15) is 5.10 Å². The fourth-order valence-corrected chi connectivity index (χ4v) is 1.63. The third kappa shape index (κ3) is 3.35. The molecule has 2 heterocycles. The van der Waals surface area contributed by atoms with Gasteiger partial charge in [-0.25, -0.2) is 9.37 Å². The maximum Gasteiger partial charge on any atom is 0.143 e. The first-order valence-electron chi connectivity index (χ1n) is 6.01. The van der Waals surface area contributed by atoms with Gasteiger partial charge in [-0.3, -0.25) is 9.58 Å². The summed E-state index contributed by atoms with van der Waals surface area (Å²) in [5, 5.41) is 4.34. The van der Waals surface area contributed by atoms with Gasteiger partial charge in [0.15, 0.2) is 0 Å². The first-order valence-corrected chi connectivity index (χ1v) is 6.39. The normalized spacial score (nSPS) is 12.1. The van der Waals surface area contributed by atoms with Crippen LogP contribution in [0.5, 0.6) is 0 Å². The fraction of sp³-hybridized carbons (Fsp3) is 0.286. The molecule has 4 nitrogen and oxygen atoms in total. The summed E-state index contributed by atoms with van der Waals surface area (Å²) in [6, 6.07) is 1.14. The molecule has 0 saturated carbocycles. The van der Waals surface area contributed by atoms with Crippen molar-refractivity contribution < 1.29 is 4.39 Å². The highest BCUT2D eigenvalue weighted by Crippen LogP contribution is 2.11. The van der Waals surface area contributed by atoms with E-state index in [-0.39, 0.29) is 16.9 Å². The molecule has 0 aromatic carbocycles. The van der Waals surface area contributed by atoms with Crippen molar-refractivity contribution in [2.24, 2.45) is 0 Å². The summed E-state index contributed by atoms with van der Waals surface area (Å²) in [6.45, 7) is 2.02. The Morgan fingerprint density at radius 2 is 2.10 bits per heavy atom. The first kappa shape index (κ1) is 14.5. The van der Waals surface area contributed by atoms with E-state index >= 15 is 0 Å². The molecule has 0 aliphatic heterocycles. The van der Waals surface area contributed by atoms with Crippen molar-refractivity contribution in [3.05, 3.63) is 46.8 Å². The molecule has 0 radical (unpaired) electrons. The average molecular weight is 293 g/mol. The van der Waals surface area contributed by atoms with Gasteiger partial charge in [-0.15, -0.1) is 0 Å². The molecule has 0 bridgehead atoms. The number of aromatic nitrogens is 3. The zero-order chi connectivity index (χ0) is 14.7. The Kier molecular flexibility index (Phi) is 4.38. The molecular formula is C14H14ClFN4. The Morgan fingerprint density at radius 1 is 1.35 bits per heavy atom. The van der Waals surface area contributed by atoms with E-state index in [0.29, 0.717) is 5.56 Å². The lowest BCUT2D eigenvalue weighted by molar-refractivity contribution is 0.220. The van der Waals surface area contributed by atoms with E-state index in [4.69, 9.17) is 11.6 Å². The van der Waals surface area contributed by atoms with Crippen molar-refractivity contribution in [2.45, 2.75) is 13.1 Å². The minimum absolute atomic E-state index is 0.112. The van der Waals surface area contributed by atoms with Gasteiger partial charge < -0.3 is 0 Å². The van der Waals surface area contributed by atoms with Gasteiger partial charge in [0.2, 0.25) is 0 Å². The molecule has 20 heavy (non-hydrogen) atoms. The van der Waals surface area contributed by atoms with E-state index in [1.807, 2.05) is 32.1 Å². The number of halogens is 2. The van der Waals surface area contributed by atoms with E-state index in [1.54, 1.807) is 10.9 Å². The van der Waals surface area contributed by atoms with Crippen molar-refractivity contribution in [3.63, 3.8) is 0 Å². The van der Waals surface area contributed by atoms with Crippen molar-refractivity contribution in [1.82, 2.24) is 19.7 Å². The van der Waals surface area contributed by atoms with Gasteiger partial charge in [-0.1, -0.05) is 23.4 Å². The quantitative estimate of drug-likeness (QED) is 0.630. The second kappa shape index (κ2) is 6.04. The fourth-order valence-electron chi connectivity index (χ4n) is 1.48. The van der Waals surface area contributed by atoms with Gasteiger partial charge in [-0.05, 0) is 21.0 Å². The lowest BCUT2D eigenvalue weighted by Crippen LogP contribution is -2.23. The Morgan fingerprint density at radius 3 is 2.75 bits per heavy atom. The van der Waals surface area contributed by atoms with Crippen molar-refractivity contribution in [2.75, 3.05) is 14.1 Å². The molecule has 1 unspecified atom stereocenters. The van der Waals surface area contributed by atoms with Crippen LogP contribution in [0.2, 0.25) is 5.15 Å². The summed E-state index contributed by atoms with van der Waals surface area (Å²) in [5.41, 5.74) is 0.927. The van der Waals surface area contributed by atoms with Crippen LogP contribution in [0.25, 0.3) is 0 Å². The summed E-state index contributed by atoms with van der Waals surface area (Å²) >= 11 is 5.58. The first-order chi connectivity index (χ1) is 9.47. The van der Waals surface area contributed by atoms with Gasteiger partial charge >= 0.3 is 0 Å². The molecule has 0 fully saturated rings. The van der Waals surface area contributed by atoms with Crippen molar-refractivity contribution in [3.8, 4) is 11.8 Å². The molecule has 0 aliphatic carbocycles. The van der Waals surface area contributed by atoms with Crippen LogP contribution in [0, 0.1) is 17.7 Å². The average Bonchev–Trinajstić information content (AvgIpc) is 2.85. The maximum atomic E-state index is 13.5. The van der Waals surface area contributed by atoms with E-state index in [1.165, 1.54) is 6.20 Å². The number of nitrogens with zero attached hydrogens (tertiary/aromatic N) is 4.